The number of ether oxygens (including phenoxy) is 1. The Labute approximate surface area is 141 Å². The molecule has 0 unspecified atom stereocenters. The van der Waals surface area contributed by atoms with Crippen LogP contribution in [0.1, 0.15) is 38.7 Å². The van der Waals surface area contributed by atoms with Crippen LogP contribution in [0.5, 0.6) is 0 Å². The first kappa shape index (κ1) is 17.6. The lowest BCUT2D eigenvalue weighted by Gasteiger charge is -2.37. The second-order valence-corrected chi connectivity index (χ2v) is 7.25. The maximum Gasteiger partial charge on any atom is 0.410 e. The van der Waals surface area contributed by atoms with Crippen LogP contribution in [0.3, 0.4) is 0 Å². The Kier molecular flexibility index (Phi) is 5.19. The van der Waals surface area contributed by atoms with E-state index in [4.69, 9.17) is 16.3 Å². The average Bonchev–Trinajstić information content (AvgIpc) is 2.45. The number of nitrogens with zero attached hydrogens (tertiary/aromatic N) is 1. The zero-order valence-corrected chi connectivity index (χ0v) is 14.3. The number of amides is 1. The number of carbonyl (C=O) groups excluding carboxylic acids is 1. The summed E-state index contributed by atoms with van der Waals surface area (Å²) in [5.41, 5.74) is 0.298. The standard InChI is InChI=1S/C17H22ClNO4/c1-17(2,3)23-16(22)19-9-8-13(15(20)21)14(10-19)11-4-6-12(18)7-5-11/h4-7,13-14H,8-10H2,1-3H3,(H,20,21)/t13-,14+/m1/s1. The number of hydrogen-bond donors (Lipinski definition) is 1. The van der Waals surface area contributed by atoms with Gasteiger partial charge in [0.2, 0.25) is 0 Å². The monoisotopic (exact) mass is 339 g/mol. The van der Waals surface area contributed by atoms with Gasteiger partial charge in [0, 0.05) is 24.0 Å². The Morgan fingerprint density at radius 2 is 1.87 bits per heavy atom. The first-order valence-electron chi connectivity index (χ1n) is 7.63. The van der Waals surface area contributed by atoms with Gasteiger partial charge in [0.25, 0.3) is 0 Å². The van der Waals surface area contributed by atoms with Gasteiger partial charge in [-0.15, -0.1) is 0 Å². The van der Waals surface area contributed by atoms with Crippen LogP contribution in [-0.2, 0) is 9.53 Å². The molecule has 0 bridgehead atoms. The van der Waals surface area contributed by atoms with Gasteiger partial charge in [-0.1, -0.05) is 23.7 Å². The summed E-state index contributed by atoms with van der Waals surface area (Å²) in [6, 6.07) is 7.12. The molecule has 0 spiro atoms. The summed E-state index contributed by atoms with van der Waals surface area (Å²) in [5, 5.41) is 10.1. The molecule has 1 fully saturated rings. The van der Waals surface area contributed by atoms with E-state index >= 15 is 0 Å². The van der Waals surface area contributed by atoms with E-state index in [9.17, 15) is 14.7 Å². The lowest BCUT2D eigenvalue weighted by atomic mass is 9.81. The van der Waals surface area contributed by atoms with Crippen LogP contribution in [-0.4, -0.2) is 40.8 Å². The molecule has 1 amide bonds. The lowest BCUT2D eigenvalue weighted by molar-refractivity contribution is -0.144. The number of likely N-dealkylation sites (tertiary alicyclic amines) is 1. The Balaban J connectivity index is 2.19. The second-order valence-electron chi connectivity index (χ2n) is 6.82. The molecule has 0 radical (unpaired) electrons. The molecular weight excluding hydrogens is 318 g/mol. The molecule has 1 saturated heterocycles. The highest BCUT2D eigenvalue weighted by molar-refractivity contribution is 6.30. The van der Waals surface area contributed by atoms with Crippen LogP contribution in [0.4, 0.5) is 4.79 Å². The van der Waals surface area contributed by atoms with Crippen molar-refractivity contribution in [2.24, 2.45) is 5.92 Å². The second kappa shape index (κ2) is 6.79. The average molecular weight is 340 g/mol. The smallest absolute Gasteiger partial charge is 0.410 e. The van der Waals surface area contributed by atoms with E-state index in [0.717, 1.165) is 5.56 Å². The van der Waals surface area contributed by atoms with E-state index in [2.05, 4.69) is 0 Å². The van der Waals surface area contributed by atoms with E-state index < -0.39 is 23.6 Å². The molecule has 0 saturated carbocycles. The molecule has 1 aromatic rings. The number of halogens is 1. The molecule has 1 aliphatic rings. The van der Waals surface area contributed by atoms with Crippen molar-refractivity contribution >= 4 is 23.7 Å². The highest BCUT2D eigenvalue weighted by atomic mass is 35.5. The Hall–Kier alpha value is -1.75. The normalized spacial score (nSPS) is 21.8. The Morgan fingerprint density at radius 1 is 1.26 bits per heavy atom. The van der Waals surface area contributed by atoms with Crippen molar-refractivity contribution in [1.29, 1.82) is 0 Å². The van der Waals surface area contributed by atoms with Gasteiger partial charge in [-0.25, -0.2) is 4.79 Å². The van der Waals surface area contributed by atoms with Gasteiger partial charge in [-0.05, 0) is 44.9 Å². The summed E-state index contributed by atoms with van der Waals surface area (Å²) < 4.78 is 5.39. The zero-order valence-electron chi connectivity index (χ0n) is 13.6. The molecule has 2 rings (SSSR count). The number of carboxylic acids is 1. The fraction of sp³-hybridized carbons (Fsp3) is 0.529. The highest BCUT2D eigenvalue weighted by Gasteiger charge is 2.37. The van der Waals surface area contributed by atoms with E-state index in [1.807, 2.05) is 32.9 Å². The minimum absolute atomic E-state index is 0.272. The first-order valence-corrected chi connectivity index (χ1v) is 8.01. The Morgan fingerprint density at radius 3 is 2.39 bits per heavy atom. The van der Waals surface area contributed by atoms with Crippen LogP contribution >= 0.6 is 11.6 Å². The number of aliphatic carboxylic acids is 1. The van der Waals surface area contributed by atoms with Crippen molar-refractivity contribution in [1.82, 2.24) is 4.90 Å². The molecule has 1 N–H and O–H groups in total. The third-order valence-corrected chi connectivity index (χ3v) is 4.13. The summed E-state index contributed by atoms with van der Waals surface area (Å²) in [4.78, 5) is 25.4. The molecule has 23 heavy (non-hydrogen) atoms. The van der Waals surface area contributed by atoms with Crippen molar-refractivity contribution < 1.29 is 19.4 Å². The van der Waals surface area contributed by atoms with Gasteiger partial charge in [-0.3, -0.25) is 4.79 Å². The molecular formula is C17H22ClNO4. The summed E-state index contributed by atoms with van der Waals surface area (Å²) in [5.74, 6) is -1.63. The quantitative estimate of drug-likeness (QED) is 0.890. The fourth-order valence-electron chi connectivity index (χ4n) is 2.79. The van der Waals surface area contributed by atoms with Gasteiger partial charge in [0.15, 0.2) is 0 Å². The van der Waals surface area contributed by atoms with Crippen LogP contribution in [0.25, 0.3) is 0 Å². The number of rotatable bonds is 2. The third-order valence-electron chi connectivity index (χ3n) is 3.88. The maximum absolute atomic E-state index is 12.3. The number of benzene rings is 1. The van der Waals surface area contributed by atoms with Crippen LogP contribution in [0.2, 0.25) is 5.02 Å². The highest BCUT2D eigenvalue weighted by Crippen LogP contribution is 2.34. The van der Waals surface area contributed by atoms with Crippen LogP contribution < -0.4 is 0 Å². The van der Waals surface area contributed by atoms with Crippen molar-refractivity contribution in [3.63, 3.8) is 0 Å². The molecule has 1 aromatic carbocycles. The largest absolute Gasteiger partial charge is 0.481 e. The van der Waals surface area contributed by atoms with Crippen molar-refractivity contribution in [3.05, 3.63) is 34.9 Å². The molecule has 0 aromatic heterocycles. The summed E-state index contributed by atoms with van der Waals surface area (Å²) in [7, 11) is 0. The minimum atomic E-state index is -0.839. The minimum Gasteiger partial charge on any atom is -0.481 e. The molecule has 2 atom stereocenters. The van der Waals surface area contributed by atoms with E-state index in [-0.39, 0.29) is 5.92 Å². The van der Waals surface area contributed by atoms with Crippen LogP contribution in [0, 0.1) is 5.92 Å². The van der Waals surface area contributed by atoms with E-state index in [0.29, 0.717) is 24.5 Å². The van der Waals surface area contributed by atoms with Gasteiger partial charge >= 0.3 is 12.1 Å². The van der Waals surface area contributed by atoms with Gasteiger partial charge < -0.3 is 14.7 Å². The number of hydrogen-bond acceptors (Lipinski definition) is 3. The van der Waals surface area contributed by atoms with Crippen molar-refractivity contribution in [3.8, 4) is 0 Å². The van der Waals surface area contributed by atoms with Gasteiger partial charge in [-0.2, -0.15) is 0 Å². The van der Waals surface area contributed by atoms with E-state index in [1.54, 1.807) is 17.0 Å². The maximum atomic E-state index is 12.3. The number of piperidine rings is 1. The van der Waals surface area contributed by atoms with Gasteiger partial charge in [0.05, 0.1) is 5.92 Å². The molecule has 6 heteroatoms. The van der Waals surface area contributed by atoms with Crippen molar-refractivity contribution in [2.75, 3.05) is 13.1 Å². The van der Waals surface area contributed by atoms with E-state index in [1.165, 1.54) is 0 Å². The van der Waals surface area contributed by atoms with Crippen molar-refractivity contribution in [2.45, 2.75) is 38.7 Å². The first-order chi connectivity index (χ1) is 10.7. The molecule has 1 aliphatic heterocycles. The lowest BCUT2D eigenvalue weighted by Crippen LogP contribution is -2.46. The fourth-order valence-corrected chi connectivity index (χ4v) is 2.91. The molecule has 1 heterocycles. The Bertz CT molecular complexity index is 579. The number of carboxylic acid groups (broad SMARTS) is 1. The zero-order chi connectivity index (χ0) is 17.2. The summed E-state index contributed by atoms with van der Waals surface area (Å²) in [6.45, 7) is 6.15. The molecule has 5 nitrogen and oxygen atoms in total. The predicted molar refractivity (Wildman–Crippen MR) is 87.7 cm³/mol. The SMILES string of the molecule is CC(C)(C)OC(=O)N1CC[C@@H](C(=O)O)[C@H](c2ccc(Cl)cc2)C1. The number of carbonyl (C=O) groups is 2. The van der Waals surface area contributed by atoms with Gasteiger partial charge in [0.1, 0.15) is 5.60 Å². The molecule has 126 valence electrons. The van der Waals surface area contributed by atoms with Crippen LogP contribution in [0.15, 0.2) is 24.3 Å². The summed E-state index contributed by atoms with van der Waals surface area (Å²) >= 11 is 5.90. The topological polar surface area (TPSA) is 66.8 Å². The molecule has 0 aliphatic carbocycles. The third kappa shape index (κ3) is 4.61. The summed E-state index contributed by atoms with van der Waals surface area (Å²) in [6.07, 6.45) is 0.00213. The predicted octanol–water partition coefficient (Wildman–Crippen LogP) is 3.77.